The largest absolute Gasteiger partial charge is 0.497 e. The molecular formula is C12H13FO3. The second kappa shape index (κ2) is 5.30. The summed E-state index contributed by atoms with van der Waals surface area (Å²) in [6.07, 6.45) is 0.324. The van der Waals surface area contributed by atoms with Crippen molar-refractivity contribution in [3.63, 3.8) is 0 Å². The van der Waals surface area contributed by atoms with Gasteiger partial charge in [0.25, 0.3) is 0 Å². The molecule has 0 saturated carbocycles. The first-order valence-electron chi connectivity index (χ1n) is 4.86. The van der Waals surface area contributed by atoms with E-state index in [1.165, 1.54) is 7.11 Å². The molecule has 0 aliphatic rings. The predicted octanol–water partition coefficient (Wildman–Crippen LogP) is 2.87. The van der Waals surface area contributed by atoms with Gasteiger partial charge in [-0.15, -0.1) is 0 Å². The molecule has 0 heterocycles. The lowest BCUT2D eigenvalue weighted by molar-refractivity contribution is -0.134. The molecule has 0 radical (unpaired) electrons. The van der Waals surface area contributed by atoms with Gasteiger partial charge in [0.1, 0.15) is 5.75 Å². The highest BCUT2D eigenvalue weighted by molar-refractivity contribution is 5.94. The lowest BCUT2D eigenvalue weighted by Gasteiger charge is -2.06. The molecule has 16 heavy (non-hydrogen) atoms. The van der Waals surface area contributed by atoms with Crippen LogP contribution in [-0.4, -0.2) is 18.2 Å². The Kier molecular flexibility index (Phi) is 4.05. The van der Waals surface area contributed by atoms with E-state index in [1.807, 2.05) is 0 Å². The van der Waals surface area contributed by atoms with Crippen LogP contribution in [0.4, 0.5) is 4.39 Å². The smallest absolute Gasteiger partial charge is 0.365 e. The fourth-order valence-corrected chi connectivity index (χ4v) is 1.41. The van der Waals surface area contributed by atoms with Gasteiger partial charge in [-0.05, 0) is 24.1 Å². The average molecular weight is 224 g/mol. The van der Waals surface area contributed by atoms with Crippen LogP contribution < -0.4 is 4.74 Å². The van der Waals surface area contributed by atoms with Gasteiger partial charge >= 0.3 is 5.97 Å². The molecule has 1 aromatic rings. The molecule has 86 valence electrons. The number of hydrogen-bond acceptors (Lipinski definition) is 2. The number of rotatable bonds is 4. The highest BCUT2D eigenvalue weighted by atomic mass is 19.1. The lowest BCUT2D eigenvalue weighted by atomic mass is 10.0. The highest BCUT2D eigenvalue weighted by Crippen LogP contribution is 2.25. The molecule has 0 unspecified atom stereocenters. The normalized spacial score (nSPS) is 11.9. The Morgan fingerprint density at radius 1 is 1.38 bits per heavy atom. The summed E-state index contributed by atoms with van der Waals surface area (Å²) >= 11 is 0. The number of hydrogen-bond donors (Lipinski definition) is 1. The van der Waals surface area contributed by atoms with Gasteiger partial charge in [-0.2, -0.15) is 4.39 Å². The van der Waals surface area contributed by atoms with E-state index < -0.39 is 11.8 Å². The zero-order valence-corrected chi connectivity index (χ0v) is 9.16. The predicted molar refractivity (Wildman–Crippen MR) is 58.9 cm³/mol. The topological polar surface area (TPSA) is 46.5 Å². The molecule has 1 rings (SSSR count). The van der Waals surface area contributed by atoms with E-state index >= 15 is 0 Å². The van der Waals surface area contributed by atoms with Gasteiger partial charge in [-0.1, -0.05) is 19.1 Å². The maximum absolute atomic E-state index is 13.3. The fourth-order valence-electron chi connectivity index (χ4n) is 1.41. The molecular weight excluding hydrogens is 211 g/mol. The SMILES string of the molecule is CCC(=C(F)C(=O)O)c1ccc(OC)cc1. The Labute approximate surface area is 93.2 Å². The average Bonchev–Trinajstić information content (AvgIpc) is 2.30. The molecule has 4 heteroatoms. The Bertz CT molecular complexity index is 407. The minimum Gasteiger partial charge on any atom is -0.497 e. The first-order chi connectivity index (χ1) is 7.60. The minimum absolute atomic E-state index is 0.190. The Hall–Kier alpha value is -1.84. The molecule has 1 aromatic carbocycles. The Morgan fingerprint density at radius 3 is 2.31 bits per heavy atom. The second-order valence-electron chi connectivity index (χ2n) is 3.18. The van der Waals surface area contributed by atoms with E-state index in [-0.39, 0.29) is 5.57 Å². The number of carboxylic acids is 1. The van der Waals surface area contributed by atoms with Crippen molar-refractivity contribution >= 4 is 11.5 Å². The number of carbonyl (C=O) groups is 1. The van der Waals surface area contributed by atoms with Crippen LogP contribution in [0.1, 0.15) is 18.9 Å². The van der Waals surface area contributed by atoms with Crippen molar-refractivity contribution in [1.29, 1.82) is 0 Å². The van der Waals surface area contributed by atoms with E-state index in [4.69, 9.17) is 9.84 Å². The summed E-state index contributed by atoms with van der Waals surface area (Å²) in [6, 6.07) is 6.61. The number of carboxylic acid groups (broad SMARTS) is 1. The maximum atomic E-state index is 13.3. The number of methoxy groups -OCH3 is 1. The van der Waals surface area contributed by atoms with Crippen LogP contribution in [0.25, 0.3) is 5.57 Å². The van der Waals surface area contributed by atoms with Crippen molar-refractivity contribution in [3.05, 3.63) is 35.7 Å². The van der Waals surface area contributed by atoms with Crippen molar-refractivity contribution in [3.8, 4) is 5.75 Å². The molecule has 0 atom stereocenters. The van der Waals surface area contributed by atoms with Gasteiger partial charge in [-0.3, -0.25) is 0 Å². The number of aliphatic carboxylic acids is 1. The van der Waals surface area contributed by atoms with Crippen molar-refractivity contribution in [2.75, 3.05) is 7.11 Å². The lowest BCUT2D eigenvalue weighted by Crippen LogP contribution is -1.99. The summed E-state index contributed by atoms with van der Waals surface area (Å²) in [5.41, 5.74) is 0.748. The highest BCUT2D eigenvalue weighted by Gasteiger charge is 2.14. The van der Waals surface area contributed by atoms with Crippen molar-refractivity contribution in [1.82, 2.24) is 0 Å². The summed E-state index contributed by atoms with van der Waals surface area (Å²) in [7, 11) is 1.53. The van der Waals surface area contributed by atoms with Crippen LogP contribution in [-0.2, 0) is 4.79 Å². The van der Waals surface area contributed by atoms with Crippen LogP contribution in [0.15, 0.2) is 30.1 Å². The van der Waals surface area contributed by atoms with E-state index in [1.54, 1.807) is 31.2 Å². The number of allylic oxidation sites excluding steroid dienone is 1. The van der Waals surface area contributed by atoms with E-state index in [2.05, 4.69) is 0 Å². The summed E-state index contributed by atoms with van der Waals surface area (Å²) in [4.78, 5) is 10.5. The number of halogens is 1. The molecule has 0 amide bonds. The van der Waals surface area contributed by atoms with Crippen LogP contribution in [0, 0.1) is 0 Å². The summed E-state index contributed by atoms with van der Waals surface area (Å²) in [5.74, 6) is -1.99. The standard InChI is InChI=1S/C12H13FO3/c1-3-10(11(13)12(14)15)8-4-6-9(16-2)7-5-8/h4-7H,3H2,1-2H3,(H,14,15). The number of ether oxygens (including phenoxy) is 1. The first-order valence-corrected chi connectivity index (χ1v) is 4.86. The molecule has 1 N–H and O–H groups in total. The van der Waals surface area contributed by atoms with Crippen LogP contribution in [0.3, 0.4) is 0 Å². The zero-order chi connectivity index (χ0) is 12.1. The van der Waals surface area contributed by atoms with Crippen LogP contribution >= 0.6 is 0 Å². The maximum Gasteiger partial charge on any atom is 0.365 e. The first kappa shape index (κ1) is 12.2. The Balaban J connectivity index is 3.14. The molecule has 0 aliphatic carbocycles. The minimum atomic E-state index is -1.53. The third-order valence-corrected chi connectivity index (χ3v) is 2.24. The molecule has 0 fully saturated rings. The van der Waals surface area contributed by atoms with E-state index in [0.717, 1.165) is 0 Å². The van der Waals surface area contributed by atoms with E-state index in [9.17, 15) is 9.18 Å². The molecule has 0 aromatic heterocycles. The summed E-state index contributed by atoms with van der Waals surface area (Å²) in [5, 5.41) is 8.59. The van der Waals surface area contributed by atoms with Gasteiger partial charge in [0.15, 0.2) is 0 Å². The zero-order valence-electron chi connectivity index (χ0n) is 9.16. The monoisotopic (exact) mass is 224 g/mol. The van der Waals surface area contributed by atoms with Crippen molar-refractivity contribution in [2.45, 2.75) is 13.3 Å². The van der Waals surface area contributed by atoms with Gasteiger partial charge in [0, 0.05) is 5.57 Å². The summed E-state index contributed by atoms with van der Waals surface area (Å²) in [6.45, 7) is 1.71. The van der Waals surface area contributed by atoms with Crippen LogP contribution in [0.2, 0.25) is 0 Å². The Morgan fingerprint density at radius 2 is 1.94 bits per heavy atom. The molecule has 0 aliphatic heterocycles. The van der Waals surface area contributed by atoms with Crippen LogP contribution in [0.5, 0.6) is 5.75 Å². The molecule has 3 nitrogen and oxygen atoms in total. The quantitative estimate of drug-likeness (QED) is 0.800. The fraction of sp³-hybridized carbons (Fsp3) is 0.250. The van der Waals surface area contributed by atoms with Gasteiger partial charge in [-0.25, -0.2) is 4.79 Å². The molecule has 0 saturated heterocycles. The molecule has 0 bridgehead atoms. The van der Waals surface area contributed by atoms with Gasteiger partial charge in [0.05, 0.1) is 7.11 Å². The van der Waals surface area contributed by atoms with Gasteiger partial charge in [0.2, 0.25) is 5.83 Å². The summed E-state index contributed by atoms with van der Waals surface area (Å²) < 4.78 is 18.3. The third-order valence-electron chi connectivity index (χ3n) is 2.24. The van der Waals surface area contributed by atoms with Crippen molar-refractivity contribution in [2.24, 2.45) is 0 Å². The van der Waals surface area contributed by atoms with Crippen molar-refractivity contribution < 1.29 is 19.0 Å². The third kappa shape index (κ3) is 2.59. The van der Waals surface area contributed by atoms with Gasteiger partial charge < -0.3 is 9.84 Å². The van der Waals surface area contributed by atoms with E-state index in [0.29, 0.717) is 17.7 Å². The molecule has 0 spiro atoms. The second-order valence-corrected chi connectivity index (χ2v) is 3.18. The number of benzene rings is 1.